The lowest BCUT2D eigenvalue weighted by Gasteiger charge is -2.29. The van der Waals surface area contributed by atoms with E-state index < -0.39 is 0 Å². The predicted molar refractivity (Wildman–Crippen MR) is 116 cm³/mol. The summed E-state index contributed by atoms with van der Waals surface area (Å²) in [7, 11) is 0. The summed E-state index contributed by atoms with van der Waals surface area (Å²) in [4.78, 5) is 26.5. The lowest BCUT2D eigenvalue weighted by Crippen LogP contribution is -2.37. The Morgan fingerprint density at radius 1 is 0.933 bits per heavy atom. The zero-order chi connectivity index (χ0) is 20.7. The fourth-order valence-corrected chi connectivity index (χ4v) is 4.78. The average Bonchev–Trinajstić information content (AvgIpc) is 3.10. The van der Waals surface area contributed by atoms with E-state index in [4.69, 9.17) is 4.74 Å². The van der Waals surface area contributed by atoms with E-state index in [1.807, 2.05) is 42.5 Å². The van der Waals surface area contributed by atoms with Crippen molar-refractivity contribution in [2.24, 2.45) is 0 Å². The van der Waals surface area contributed by atoms with E-state index >= 15 is 0 Å². The van der Waals surface area contributed by atoms with Crippen molar-refractivity contribution < 1.29 is 14.3 Å². The molecule has 3 aromatic carbocycles. The molecule has 1 heterocycles. The summed E-state index contributed by atoms with van der Waals surface area (Å²) in [5.74, 6) is 0.129. The Labute approximate surface area is 176 Å². The Hall–Kier alpha value is -3.40. The SMILES string of the molecule is CC(=O)c1cccc2c1CCN(C(=O)OCC1c3ccccc3-c3ccccc31)C2. The maximum Gasteiger partial charge on any atom is 0.410 e. The highest BCUT2D eigenvalue weighted by molar-refractivity contribution is 5.96. The van der Waals surface area contributed by atoms with E-state index in [0.717, 1.165) is 16.7 Å². The summed E-state index contributed by atoms with van der Waals surface area (Å²) in [6, 6.07) is 22.4. The van der Waals surface area contributed by atoms with Crippen molar-refractivity contribution in [1.29, 1.82) is 0 Å². The summed E-state index contributed by atoms with van der Waals surface area (Å²) in [5.41, 5.74) is 7.72. The van der Waals surface area contributed by atoms with E-state index in [0.29, 0.717) is 26.1 Å². The number of Topliss-reactive ketones (excluding diaryl/α,β-unsaturated/α-hetero) is 1. The third kappa shape index (κ3) is 3.09. The van der Waals surface area contributed by atoms with Gasteiger partial charge in [0.25, 0.3) is 0 Å². The van der Waals surface area contributed by atoms with Crippen molar-refractivity contribution in [2.75, 3.05) is 13.2 Å². The fourth-order valence-electron chi connectivity index (χ4n) is 4.78. The van der Waals surface area contributed by atoms with E-state index in [-0.39, 0.29) is 17.8 Å². The lowest BCUT2D eigenvalue weighted by molar-refractivity contribution is 0.0951. The van der Waals surface area contributed by atoms with Crippen molar-refractivity contribution in [3.05, 3.63) is 94.5 Å². The Morgan fingerprint density at radius 2 is 1.60 bits per heavy atom. The first-order valence-corrected chi connectivity index (χ1v) is 10.3. The maximum atomic E-state index is 12.8. The summed E-state index contributed by atoms with van der Waals surface area (Å²) >= 11 is 0. The van der Waals surface area contributed by atoms with Crippen LogP contribution in [0.15, 0.2) is 66.7 Å². The third-order valence-electron chi connectivity index (χ3n) is 6.24. The lowest BCUT2D eigenvalue weighted by atomic mass is 9.93. The summed E-state index contributed by atoms with van der Waals surface area (Å²) in [5, 5.41) is 0. The Kier molecular flexibility index (Phi) is 4.62. The van der Waals surface area contributed by atoms with Crippen LogP contribution in [0.3, 0.4) is 0 Å². The molecule has 3 aromatic rings. The number of fused-ring (bicyclic) bond motifs is 4. The van der Waals surface area contributed by atoms with Gasteiger partial charge in [0.2, 0.25) is 0 Å². The number of hydrogen-bond donors (Lipinski definition) is 0. The van der Waals surface area contributed by atoms with Crippen LogP contribution in [0.25, 0.3) is 11.1 Å². The summed E-state index contributed by atoms with van der Waals surface area (Å²) in [6.45, 7) is 2.96. The van der Waals surface area contributed by atoms with Crippen LogP contribution in [0.1, 0.15) is 45.5 Å². The highest BCUT2D eigenvalue weighted by atomic mass is 16.6. The number of hydrogen-bond acceptors (Lipinski definition) is 3. The molecule has 0 bridgehead atoms. The van der Waals surface area contributed by atoms with Gasteiger partial charge in [0.15, 0.2) is 5.78 Å². The maximum absolute atomic E-state index is 12.8. The molecule has 0 fully saturated rings. The van der Waals surface area contributed by atoms with E-state index in [1.165, 1.54) is 22.3 Å². The van der Waals surface area contributed by atoms with Crippen LogP contribution in [0.5, 0.6) is 0 Å². The number of nitrogens with zero attached hydrogens (tertiary/aromatic N) is 1. The second-order valence-electron chi connectivity index (χ2n) is 7.97. The number of benzene rings is 3. The molecule has 5 rings (SSSR count). The summed E-state index contributed by atoms with van der Waals surface area (Å²) in [6.07, 6.45) is 0.380. The van der Waals surface area contributed by atoms with E-state index in [1.54, 1.807) is 11.8 Å². The minimum atomic E-state index is -0.296. The predicted octanol–water partition coefficient (Wildman–Crippen LogP) is 5.20. The van der Waals surface area contributed by atoms with Crippen LogP contribution in [-0.2, 0) is 17.7 Å². The van der Waals surface area contributed by atoms with Crippen molar-refractivity contribution in [3.8, 4) is 11.1 Å². The van der Waals surface area contributed by atoms with Gasteiger partial charge in [-0.15, -0.1) is 0 Å². The second-order valence-corrected chi connectivity index (χ2v) is 7.97. The first kappa shape index (κ1) is 18.6. The summed E-state index contributed by atoms with van der Waals surface area (Å²) < 4.78 is 5.79. The van der Waals surface area contributed by atoms with Crippen molar-refractivity contribution in [1.82, 2.24) is 4.90 Å². The molecule has 0 N–H and O–H groups in total. The molecule has 0 radical (unpaired) electrons. The molecule has 0 unspecified atom stereocenters. The van der Waals surface area contributed by atoms with Gasteiger partial charge >= 0.3 is 6.09 Å². The van der Waals surface area contributed by atoms with Crippen LogP contribution in [-0.4, -0.2) is 29.9 Å². The molecule has 0 atom stereocenters. The topological polar surface area (TPSA) is 46.6 Å². The van der Waals surface area contributed by atoms with Gasteiger partial charge < -0.3 is 9.64 Å². The first-order chi connectivity index (χ1) is 14.6. The van der Waals surface area contributed by atoms with Gasteiger partial charge in [0.1, 0.15) is 6.61 Å². The molecular formula is C26H23NO3. The van der Waals surface area contributed by atoms with Crippen molar-refractivity contribution in [3.63, 3.8) is 0 Å². The molecular weight excluding hydrogens is 374 g/mol. The van der Waals surface area contributed by atoms with Crippen molar-refractivity contribution >= 4 is 11.9 Å². The highest BCUT2D eigenvalue weighted by Crippen LogP contribution is 2.44. The van der Waals surface area contributed by atoms with Crippen LogP contribution < -0.4 is 0 Å². The number of ketones is 1. The normalized spacial score (nSPS) is 14.6. The minimum absolute atomic E-state index is 0.0581. The number of carbonyl (C=O) groups excluding carboxylic acids is 2. The standard InChI is InChI=1S/C26H23NO3/c1-17(28)19-12-6-7-18-15-27(14-13-20(18)19)26(29)30-16-25-23-10-4-2-8-21(23)22-9-3-5-11-24(22)25/h2-12,25H,13-16H2,1H3. The Balaban J connectivity index is 1.32. The number of ether oxygens (including phenoxy) is 1. The van der Waals surface area contributed by atoms with Gasteiger partial charge in [-0.05, 0) is 46.7 Å². The molecule has 0 saturated heterocycles. The van der Waals surface area contributed by atoms with Gasteiger partial charge in [-0.3, -0.25) is 4.79 Å². The number of carbonyl (C=O) groups is 2. The largest absolute Gasteiger partial charge is 0.448 e. The first-order valence-electron chi connectivity index (χ1n) is 10.3. The fraction of sp³-hybridized carbons (Fsp3) is 0.231. The van der Waals surface area contributed by atoms with Gasteiger partial charge in [0.05, 0.1) is 0 Å². The quantitative estimate of drug-likeness (QED) is 0.571. The van der Waals surface area contributed by atoms with E-state index in [9.17, 15) is 9.59 Å². The molecule has 1 aliphatic carbocycles. The molecule has 4 heteroatoms. The molecule has 0 spiro atoms. The average molecular weight is 397 g/mol. The molecule has 150 valence electrons. The van der Waals surface area contributed by atoms with Crippen LogP contribution >= 0.6 is 0 Å². The Bertz CT molecular complexity index is 1110. The molecule has 0 saturated carbocycles. The Morgan fingerprint density at radius 3 is 2.27 bits per heavy atom. The third-order valence-corrected chi connectivity index (χ3v) is 6.24. The van der Waals surface area contributed by atoms with Crippen LogP contribution in [0, 0.1) is 0 Å². The van der Waals surface area contributed by atoms with Crippen molar-refractivity contribution in [2.45, 2.75) is 25.8 Å². The number of rotatable bonds is 3. The van der Waals surface area contributed by atoms with Crippen LogP contribution in [0.4, 0.5) is 4.79 Å². The molecule has 1 amide bonds. The number of amides is 1. The highest BCUT2D eigenvalue weighted by Gasteiger charge is 2.30. The molecule has 30 heavy (non-hydrogen) atoms. The molecule has 1 aliphatic heterocycles. The zero-order valence-electron chi connectivity index (χ0n) is 16.9. The van der Waals surface area contributed by atoms with E-state index in [2.05, 4.69) is 24.3 Å². The van der Waals surface area contributed by atoms with Crippen LogP contribution in [0.2, 0.25) is 0 Å². The molecule has 2 aliphatic rings. The zero-order valence-corrected chi connectivity index (χ0v) is 16.9. The monoisotopic (exact) mass is 397 g/mol. The minimum Gasteiger partial charge on any atom is -0.448 e. The van der Waals surface area contributed by atoms with Gasteiger partial charge in [-0.1, -0.05) is 66.7 Å². The van der Waals surface area contributed by atoms with Gasteiger partial charge in [0, 0.05) is 24.6 Å². The molecule has 4 nitrogen and oxygen atoms in total. The van der Waals surface area contributed by atoms with Gasteiger partial charge in [-0.2, -0.15) is 0 Å². The second kappa shape index (κ2) is 7.45. The smallest absolute Gasteiger partial charge is 0.410 e. The molecule has 0 aromatic heterocycles. The van der Waals surface area contributed by atoms with Gasteiger partial charge in [-0.25, -0.2) is 4.79 Å².